The number of nitriles is 1. The van der Waals surface area contributed by atoms with Crippen molar-refractivity contribution in [1.29, 1.82) is 5.26 Å². The average Bonchev–Trinajstić information content (AvgIpc) is 3.15. The monoisotopic (exact) mass is 373 g/mol. The fourth-order valence-electron chi connectivity index (χ4n) is 2.39. The third-order valence-electron chi connectivity index (χ3n) is 3.72. The number of nitrogens with zero attached hydrogens (tertiary/aromatic N) is 2. The Balaban J connectivity index is 1.91. The molecule has 1 aromatic heterocycles. The van der Waals surface area contributed by atoms with Gasteiger partial charge in [0.15, 0.2) is 18.1 Å². The molecule has 2 aromatic rings. The molecule has 0 aliphatic rings. The molecule has 26 heavy (non-hydrogen) atoms. The molecular weight excluding hydrogens is 350 g/mol. The lowest BCUT2D eigenvalue weighted by molar-refractivity contribution is -0.123. The first-order valence-corrected chi connectivity index (χ1v) is 9.19. The predicted octanol–water partition coefficient (Wildman–Crippen LogP) is 2.82. The summed E-state index contributed by atoms with van der Waals surface area (Å²) in [6, 6.07) is 11.1. The molecule has 1 atom stereocenters. The lowest BCUT2D eigenvalue weighted by Crippen LogP contribution is -2.36. The van der Waals surface area contributed by atoms with Crippen molar-refractivity contribution in [3.8, 4) is 17.6 Å². The van der Waals surface area contributed by atoms with Crippen molar-refractivity contribution in [1.82, 2.24) is 10.2 Å². The number of hydrogen-bond donors (Lipinski definition) is 1. The summed E-state index contributed by atoms with van der Waals surface area (Å²) in [6.07, 6.45) is 0. The summed E-state index contributed by atoms with van der Waals surface area (Å²) >= 11 is 1.67. The Kier molecular flexibility index (Phi) is 7.45. The van der Waals surface area contributed by atoms with Gasteiger partial charge in [-0.05, 0) is 44.6 Å². The number of rotatable bonds is 9. The van der Waals surface area contributed by atoms with Gasteiger partial charge in [-0.1, -0.05) is 6.07 Å². The van der Waals surface area contributed by atoms with E-state index in [1.54, 1.807) is 29.5 Å². The second-order valence-corrected chi connectivity index (χ2v) is 6.77. The van der Waals surface area contributed by atoms with Crippen LogP contribution in [0.1, 0.15) is 23.4 Å². The van der Waals surface area contributed by atoms with E-state index >= 15 is 0 Å². The van der Waals surface area contributed by atoms with Crippen molar-refractivity contribution >= 4 is 17.2 Å². The molecule has 1 amide bonds. The summed E-state index contributed by atoms with van der Waals surface area (Å²) in [4.78, 5) is 15.4. The molecule has 1 aromatic carbocycles. The summed E-state index contributed by atoms with van der Waals surface area (Å²) in [5.74, 6) is 0.702. The first kappa shape index (κ1) is 19.8. The highest BCUT2D eigenvalue weighted by Gasteiger charge is 2.16. The van der Waals surface area contributed by atoms with Crippen LogP contribution in [0.3, 0.4) is 0 Å². The van der Waals surface area contributed by atoms with E-state index in [9.17, 15) is 4.79 Å². The highest BCUT2D eigenvalue weighted by molar-refractivity contribution is 7.10. The molecule has 1 N–H and O–H groups in total. The average molecular weight is 373 g/mol. The molecule has 0 aliphatic heterocycles. The van der Waals surface area contributed by atoms with Crippen molar-refractivity contribution in [2.45, 2.75) is 13.0 Å². The molecule has 2 rings (SSSR count). The van der Waals surface area contributed by atoms with Crippen LogP contribution in [0.25, 0.3) is 0 Å². The predicted molar refractivity (Wildman–Crippen MR) is 102 cm³/mol. The molecule has 0 fully saturated rings. The number of nitrogens with one attached hydrogen (secondary N) is 1. The Morgan fingerprint density at radius 2 is 2.12 bits per heavy atom. The quantitative estimate of drug-likeness (QED) is 0.732. The van der Waals surface area contributed by atoms with Gasteiger partial charge in [-0.25, -0.2) is 0 Å². The van der Waals surface area contributed by atoms with E-state index in [2.05, 4.69) is 22.4 Å². The standard InChI is InChI=1S/C19H23N3O3S/c1-4-24-17-10-14(11-20)7-8-16(17)25-13-19(23)21-12-15(22(2)3)18-6-5-9-26-18/h5-10,15H,4,12-13H2,1-3H3,(H,21,23). The Morgan fingerprint density at radius 1 is 1.31 bits per heavy atom. The van der Waals surface area contributed by atoms with Gasteiger partial charge in [0.1, 0.15) is 0 Å². The molecule has 0 aliphatic carbocycles. The van der Waals surface area contributed by atoms with E-state index in [1.807, 2.05) is 32.5 Å². The molecule has 0 bridgehead atoms. The minimum atomic E-state index is -0.208. The van der Waals surface area contributed by atoms with E-state index < -0.39 is 0 Å². The van der Waals surface area contributed by atoms with Crippen molar-refractivity contribution in [3.05, 3.63) is 46.2 Å². The van der Waals surface area contributed by atoms with Gasteiger partial charge >= 0.3 is 0 Å². The molecule has 0 spiro atoms. The Bertz CT molecular complexity index is 754. The Labute approximate surface area is 158 Å². The van der Waals surface area contributed by atoms with E-state index in [0.717, 1.165) is 0 Å². The molecular formula is C19H23N3O3S. The van der Waals surface area contributed by atoms with Crippen molar-refractivity contribution < 1.29 is 14.3 Å². The van der Waals surface area contributed by atoms with E-state index in [-0.39, 0.29) is 18.6 Å². The minimum absolute atomic E-state index is 0.115. The van der Waals surface area contributed by atoms with Gasteiger partial charge in [0, 0.05) is 17.5 Å². The normalized spacial score (nSPS) is 11.7. The number of ether oxygens (including phenoxy) is 2. The first-order valence-electron chi connectivity index (χ1n) is 8.31. The highest BCUT2D eigenvalue weighted by atomic mass is 32.1. The molecule has 0 saturated carbocycles. The van der Waals surface area contributed by atoms with Gasteiger partial charge in [-0.15, -0.1) is 11.3 Å². The lowest BCUT2D eigenvalue weighted by Gasteiger charge is -2.23. The number of hydrogen-bond acceptors (Lipinski definition) is 6. The van der Waals surface area contributed by atoms with Crippen LogP contribution in [0.15, 0.2) is 35.7 Å². The van der Waals surface area contributed by atoms with Gasteiger partial charge in [0.05, 0.1) is 24.3 Å². The molecule has 1 unspecified atom stereocenters. The minimum Gasteiger partial charge on any atom is -0.490 e. The SMILES string of the molecule is CCOc1cc(C#N)ccc1OCC(=O)NCC(c1cccs1)N(C)C. The van der Waals surface area contributed by atoms with Gasteiger partial charge < -0.3 is 19.7 Å². The number of carbonyl (C=O) groups is 1. The van der Waals surface area contributed by atoms with Crippen LogP contribution in [-0.4, -0.2) is 44.7 Å². The van der Waals surface area contributed by atoms with E-state index in [4.69, 9.17) is 14.7 Å². The third kappa shape index (κ3) is 5.48. The zero-order valence-electron chi connectivity index (χ0n) is 15.2. The summed E-state index contributed by atoms with van der Waals surface area (Å²) in [7, 11) is 3.97. The van der Waals surface area contributed by atoms with Crippen LogP contribution in [0, 0.1) is 11.3 Å². The van der Waals surface area contributed by atoms with Crippen molar-refractivity contribution in [2.24, 2.45) is 0 Å². The van der Waals surface area contributed by atoms with Crippen molar-refractivity contribution in [3.63, 3.8) is 0 Å². The summed E-state index contributed by atoms with van der Waals surface area (Å²) in [5, 5.41) is 13.9. The van der Waals surface area contributed by atoms with Crippen LogP contribution in [0.5, 0.6) is 11.5 Å². The van der Waals surface area contributed by atoms with E-state index in [1.165, 1.54) is 4.88 Å². The third-order valence-corrected chi connectivity index (χ3v) is 4.69. The van der Waals surface area contributed by atoms with Crippen LogP contribution in [-0.2, 0) is 4.79 Å². The number of likely N-dealkylation sites (N-methyl/N-ethyl adjacent to an activating group) is 1. The van der Waals surface area contributed by atoms with Crippen LogP contribution >= 0.6 is 11.3 Å². The number of carbonyl (C=O) groups excluding carboxylic acids is 1. The summed E-state index contributed by atoms with van der Waals surface area (Å²) < 4.78 is 11.1. The molecule has 0 saturated heterocycles. The van der Waals surface area contributed by atoms with Crippen LogP contribution in [0.2, 0.25) is 0 Å². The second-order valence-electron chi connectivity index (χ2n) is 5.79. The van der Waals surface area contributed by atoms with Crippen LogP contribution in [0.4, 0.5) is 0 Å². The number of amides is 1. The summed E-state index contributed by atoms with van der Waals surface area (Å²) in [5.41, 5.74) is 0.482. The smallest absolute Gasteiger partial charge is 0.258 e. The van der Waals surface area contributed by atoms with Crippen LogP contribution < -0.4 is 14.8 Å². The fourth-order valence-corrected chi connectivity index (χ4v) is 3.31. The Hall–Kier alpha value is -2.56. The van der Waals surface area contributed by atoms with Gasteiger partial charge in [0.2, 0.25) is 0 Å². The summed E-state index contributed by atoms with van der Waals surface area (Å²) in [6.45, 7) is 2.68. The maximum absolute atomic E-state index is 12.2. The topological polar surface area (TPSA) is 74.6 Å². The van der Waals surface area contributed by atoms with Gasteiger partial charge in [0.25, 0.3) is 5.91 Å². The molecule has 1 heterocycles. The van der Waals surface area contributed by atoms with Gasteiger partial charge in [-0.3, -0.25) is 4.79 Å². The first-order chi connectivity index (χ1) is 12.5. The highest BCUT2D eigenvalue weighted by Crippen LogP contribution is 2.28. The molecule has 0 radical (unpaired) electrons. The van der Waals surface area contributed by atoms with Crippen molar-refractivity contribution in [2.75, 3.05) is 33.9 Å². The maximum Gasteiger partial charge on any atom is 0.258 e. The van der Waals surface area contributed by atoms with E-state index in [0.29, 0.717) is 30.2 Å². The fraction of sp³-hybridized carbons (Fsp3) is 0.368. The molecule has 6 nitrogen and oxygen atoms in total. The second kappa shape index (κ2) is 9.80. The number of thiophene rings is 1. The Morgan fingerprint density at radius 3 is 2.73 bits per heavy atom. The largest absolute Gasteiger partial charge is 0.490 e. The maximum atomic E-state index is 12.2. The molecule has 138 valence electrons. The number of benzene rings is 1. The zero-order valence-corrected chi connectivity index (χ0v) is 16.0. The lowest BCUT2D eigenvalue weighted by atomic mass is 10.2. The zero-order chi connectivity index (χ0) is 18.9. The van der Waals surface area contributed by atoms with Gasteiger partial charge in [-0.2, -0.15) is 5.26 Å². The molecule has 7 heteroatoms.